The van der Waals surface area contributed by atoms with Gasteiger partial charge in [0.05, 0.1) is 69.8 Å². The Labute approximate surface area is 476 Å². The molecule has 0 aliphatic carbocycles. The number of carboxylic acid groups (broad SMARTS) is 1. The Morgan fingerprint density at radius 3 is 1.46 bits per heavy atom. The normalized spacial score (nSPS) is 12.9. The maximum absolute atomic E-state index is 14.5. The fraction of sp³-hybridized carbons (Fsp3) is 0.327. The lowest BCUT2D eigenvalue weighted by Gasteiger charge is -2.38. The zero-order valence-electron chi connectivity index (χ0n) is 43.5. The Hall–Kier alpha value is -6.53. The number of ether oxygens (including phenoxy) is 4. The second-order valence-electron chi connectivity index (χ2n) is 17.1. The van der Waals surface area contributed by atoms with Crippen LogP contribution in [0.5, 0.6) is 23.0 Å². The van der Waals surface area contributed by atoms with Gasteiger partial charge in [0.2, 0.25) is 11.1 Å². The molecule has 426 valence electrons. The number of allylic oxidation sites excluding steroid dienone is 1. The predicted molar refractivity (Wildman–Crippen MR) is 297 cm³/mol. The highest BCUT2D eigenvalue weighted by Gasteiger charge is 2.38. The van der Waals surface area contributed by atoms with Crippen LogP contribution in [0.4, 0.5) is 45.0 Å². The van der Waals surface area contributed by atoms with Crippen molar-refractivity contribution in [1.82, 2.24) is 35.1 Å². The Morgan fingerprint density at radius 2 is 1.15 bits per heavy atom. The lowest BCUT2D eigenvalue weighted by atomic mass is 10.1. The monoisotopic (exact) mass is 1200 g/mol. The summed E-state index contributed by atoms with van der Waals surface area (Å²) < 4.78 is 83.5. The van der Waals surface area contributed by atoms with Crippen LogP contribution >= 0.6 is 58.0 Å². The Morgan fingerprint density at radius 1 is 0.747 bits per heavy atom. The van der Waals surface area contributed by atoms with E-state index < -0.39 is 29.0 Å². The van der Waals surface area contributed by atoms with Crippen molar-refractivity contribution in [3.63, 3.8) is 0 Å². The third-order valence-electron chi connectivity index (χ3n) is 11.2. The van der Waals surface area contributed by atoms with Crippen molar-refractivity contribution >= 4 is 120 Å². The highest BCUT2D eigenvalue weighted by molar-refractivity contribution is 6.66. The average molecular weight is 1210 g/mol. The number of anilines is 4. The summed E-state index contributed by atoms with van der Waals surface area (Å²) in [6.45, 7) is 21.3. The van der Waals surface area contributed by atoms with Crippen LogP contribution in [0.3, 0.4) is 0 Å². The molecule has 2 saturated heterocycles. The number of rotatable bonds is 15. The number of hydrogen-bond donors (Lipinski definition) is 4. The van der Waals surface area contributed by atoms with Crippen molar-refractivity contribution in [1.29, 1.82) is 0 Å². The molecule has 0 saturated carbocycles. The number of alkyl halides is 3. The fourth-order valence-corrected chi connectivity index (χ4v) is 7.80. The molecule has 2 fully saturated rings. The quantitative estimate of drug-likeness (QED) is 0.0327. The summed E-state index contributed by atoms with van der Waals surface area (Å²) in [7, 11) is 3.09. The van der Waals surface area contributed by atoms with Crippen LogP contribution in [0.2, 0.25) is 20.1 Å². The highest BCUT2D eigenvalue weighted by Crippen LogP contribution is 2.39. The maximum atomic E-state index is 14.5. The number of carboxylic acids is 1. The second kappa shape index (κ2) is 30.2. The minimum absolute atomic E-state index is 0.0740. The molecule has 6 aromatic rings. The molecular formula is C52H55Cl5F5N9O8. The van der Waals surface area contributed by atoms with Crippen LogP contribution < -0.4 is 34.9 Å². The van der Waals surface area contributed by atoms with E-state index in [1.54, 1.807) is 36.3 Å². The molecule has 0 unspecified atom stereocenters. The minimum Gasteiger partial charge on any atom is -0.493 e. The number of carbonyl (C=O) groups is 3. The fourth-order valence-electron chi connectivity index (χ4n) is 7.18. The van der Waals surface area contributed by atoms with Crippen LogP contribution in [0.25, 0.3) is 21.8 Å². The topological polar surface area (TPSA) is 202 Å². The van der Waals surface area contributed by atoms with E-state index in [9.17, 15) is 31.5 Å². The molecule has 0 spiro atoms. The van der Waals surface area contributed by atoms with Crippen molar-refractivity contribution < 1.29 is 60.4 Å². The first-order chi connectivity index (χ1) is 37.3. The zero-order chi connectivity index (χ0) is 58.9. The average Bonchev–Trinajstić information content (AvgIpc) is 3.45. The first kappa shape index (κ1) is 65.0. The molecule has 0 bridgehead atoms. The van der Waals surface area contributed by atoms with Gasteiger partial charge in [-0.3, -0.25) is 14.5 Å². The smallest absolute Gasteiger partial charge is 0.490 e. The molecule has 2 aliphatic rings. The van der Waals surface area contributed by atoms with E-state index in [-0.39, 0.29) is 49.6 Å². The van der Waals surface area contributed by atoms with Crippen molar-refractivity contribution in [2.24, 2.45) is 0 Å². The van der Waals surface area contributed by atoms with E-state index >= 15 is 0 Å². The summed E-state index contributed by atoms with van der Waals surface area (Å²) in [6.07, 6.45) is -0.152. The van der Waals surface area contributed by atoms with Gasteiger partial charge in [-0.2, -0.15) is 13.2 Å². The van der Waals surface area contributed by atoms with E-state index in [0.717, 1.165) is 25.7 Å². The van der Waals surface area contributed by atoms with Gasteiger partial charge in [0.15, 0.2) is 34.6 Å². The number of benzene rings is 4. The molecule has 17 nitrogen and oxygen atoms in total. The lowest BCUT2D eigenvalue weighted by Crippen LogP contribution is -2.55. The van der Waals surface area contributed by atoms with Crippen molar-refractivity contribution in [3.8, 4) is 23.0 Å². The van der Waals surface area contributed by atoms with E-state index in [2.05, 4.69) is 88.6 Å². The molecule has 4 heterocycles. The van der Waals surface area contributed by atoms with E-state index in [4.69, 9.17) is 86.9 Å². The molecule has 0 radical (unpaired) electrons. The molecule has 4 N–H and O–H groups in total. The van der Waals surface area contributed by atoms with Gasteiger partial charge < -0.3 is 44.9 Å². The Bertz CT molecular complexity index is 3110. The van der Waals surface area contributed by atoms with Crippen LogP contribution in [-0.4, -0.2) is 129 Å². The number of fused-ring (bicyclic) bond motifs is 2. The van der Waals surface area contributed by atoms with Gasteiger partial charge >= 0.3 is 12.1 Å². The zero-order valence-corrected chi connectivity index (χ0v) is 47.2. The third-order valence-corrected chi connectivity index (χ3v) is 12.9. The molecule has 4 aromatic carbocycles. The molecule has 1 amide bonds. The van der Waals surface area contributed by atoms with E-state index in [1.165, 1.54) is 50.1 Å². The minimum atomic E-state index is -5.08. The summed E-state index contributed by atoms with van der Waals surface area (Å²) in [5, 5.41) is 16.8. The summed E-state index contributed by atoms with van der Waals surface area (Å²) in [5.74, 6) is -1.40. The molecular weight excluding hydrogens is 1150 g/mol. The van der Waals surface area contributed by atoms with Gasteiger partial charge in [0.25, 0.3) is 0 Å². The van der Waals surface area contributed by atoms with Gasteiger partial charge in [-0.15, -0.1) is 0 Å². The van der Waals surface area contributed by atoms with E-state index in [0.29, 0.717) is 81.6 Å². The standard InChI is InChI=1S/C21H17Cl2FN4O3.C18H15Cl2FN4O2.C8H19N.C3H3ClO.C2HF3O2/c1-3-18(29)28-8-11(9-28)31-17-6-12-15(7-16(17)30-2)25-10-26-21(12)27-14-5-4-13(22)19(23)20(14)24;1-26-14-5-13-10(4-15(14)27-9-6-22-7-9)18(24-8-23-13)25-12-3-2-11(19)16(20)17(12)21;1-6-9(7(2)3)8(4)5;1-2-3(4)5;3-2(4,5)1(6)7/h3-7,10-11H,1,8-9H2,2H3,(H,25,26,27);2-5,8-9,22H,6-7H2,1H3,(H,23,24,25);7-8H,6H2,1-5H3;2H,1H2;(H,6,7). The second-order valence-corrected chi connectivity index (χ2v) is 19.0. The number of carbonyl (C=O) groups excluding carboxylic acids is 2. The number of aliphatic carboxylic acids is 1. The van der Waals surface area contributed by atoms with Gasteiger partial charge in [0.1, 0.15) is 36.5 Å². The molecule has 79 heavy (non-hydrogen) atoms. The van der Waals surface area contributed by atoms with Crippen molar-refractivity contribution in [2.45, 2.75) is 65.1 Å². The number of likely N-dealkylation sites (tertiary alicyclic amines) is 1. The van der Waals surface area contributed by atoms with Gasteiger partial charge in [0, 0.05) is 48.1 Å². The maximum Gasteiger partial charge on any atom is 0.490 e. The van der Waals surface area contributed by atoms with Crippen LogP contribution in [0.1, 0.15) is 34.6 Å². The summed E-state index contributed by atoms with van der Waals surface area (Å²) in [5.41, 5.74) is 1.47. The van der Waals surface area contributed by atoms with Gasteiger partial charge in [-0.1, -0.05) is 66.5 Å². The molecule has 2 aromatic heterocycles. The van der Waals surface area contributed by atoms with Crippen LogP contribution in [0.15, 0.2) is 86.5 Å². The predicted octanol–water partition coefficient (Wildman–Crippen LogP) is 12.5. The SMILES string of the molecule is C=CC(=O)Cl.C=CC(=O)N1CC(Oc2cc3c(Nc4ccc(Cl)c(Cl)c4F)ncnc3cc2OC)C1.CCN(C(C)C)C(C)C.COc1cc2ncnc(Nc3ccc(Cl)c(Cl)c3F)c2cc1OC1CNC1.O=C(O)C(F)(F)F. The number of nitrogens with zero attached hydrogens (tertiary/aromatic N) is 6. The highest BCUT2D eigenvalue weighted by atomic mass is 35.5. The Balaban J connectivity index is 0.000000252. The molecule has 0 atom stereocenters. The Kier molecular flexibility index (Phi) is 24.8. The summed E-state index contributed by atoms with van der Waals surface area (Å²) in [6, 6.07) is 14.3. The van der Waals surface area contributed by atoms with E-state index in [1.807, 2.05) is 0 Å². The van der Waals surface area contributed by atoms with Gasteiger partial charge in [-0.05, 0) is 94.4 Å². The molecule has 27 heteroatoms. The summed E-state index contributed by atoms with van der Waals surface area (Å²) in [4.78, 5) is 51.0. The number of aromatic nitrogens is 4. The largest absolute Gasteiger partial charge is 0.493 e. The van der Waals surface area contributed by atoms with Crippen molar-refractivity contribution in [2.75, 3.05) is 57.6 Å². The molecule has 8 rings (SSSR count). The van der Waals surface area contributed by atoms with Crippen LogP contribution in [-0.2, 0) is 14.4 Å². The number of methoxy groups -OCH3 is 2. The lowest BCUT2D eigenvalue weighted by molar-refractivity contribution is -0.192. The molecule has 2 aliphatic heterocycles. The third kappa shape index (κ3) is 18.3. The first-order valence-corrected chi connectivity index (χ1v) is 25.5. The number of nitrogens with one attached hydrogen (secondary N) is 3. The van der Waals surface area contributed by atoms with Crippen LogP contribution in [0, 0.1) is 11.6 Å². The summed E-state index contributed by atoms with van der Waals surface area (Å²) >= 11 is 28.2. The van der Waals surface area contributed by atoms with Gasteiger partial charge in [-0.25, -0.2) is 33.5 Å². The number of hydrogen-bond acceptors (Lipinski definition) is 15. The number of halogens is 10. The number of amides is 1. The first-order valence-electron chi connectivity index (χ1n) is 23.6. The van der Waals surface area contributed by atoms with Crippen molar-refractivity contribution in [3.05, 3.63) is 118 Å².